The molecule has 19 heavy (non-hydrogen) atoms. The first-order valence-corrected chi connectivity index (χ1v) is 6.97. The Labute approximate surface area is 122 Å². The van der Waals surface area contributed by atoms with Gasteiger partial charge in [0.1, 0.15) is 0 Å². The van der Waals surface area contributed by atoms with Crippen LogP contribution in [0.5, 0.6) is 0 Å². The Balaban J connectivity index is 1.98. The average molecular weight is 315 g/mol. The molecule has 0 unspecified atom stereocenters. The standard InChI is InChI=1S/C16H15BrN2/c1-12(15-4-2-3-5-16(15)17)19-11-14-8-6-13(10-18)7-9-14/h2-9,12,19H,11H2,1H3/t12-/m1/s1. The number of benzene rings is 2. The van der Waals surface area contributed by atoms with E-state index < -0.39 is 0 Å². The monoisotopic (exact) mass is 314 g/mol. The molecule has 96 valence electrons. The summed E-state index contributed by atoms with van der Waals surface area (Å²) in [6, 6.07) is 18.3. The maximum atomic E-state index is 8.75. The van der Waals surface area contributed by atoms with Crippen molar-refractivity contribution >= 4 is 15.9 Å². The van der Waals surface area contributed by atoms with Crippen molar-refractivity contribution in [3.8, 4) is 6.07 Å². The normalized spacial score (nSPS) is 11.8. The minimum atomic E-state index is 0.270. The highest BCUT2D eigenvalue weighted by atomic mass is 79.9. The van der Waals surface area contributed by atoms with E-state index in [4.69, 9.17) is 5.26 Å². The molecule has 0 saturated carbocycles. The second-order valence-corrected chi connectivity index (χ2v) is 5.29. The van der Waals surface area contributed by atoms with Crippen LogP contribution in [0.3, 0.4) is 0 Å². The van der Waals surface area contributed by atoms with E-state index in [1.807, 2.05) is 36.4 Å². The largest absolute Gasteiger partial charge is 0.306 e. The maximum absolute atomic E-state index is 8.75. The SMILES string of the molecule is C[C@@H](NCc1ccc(C#N)cc1)c1ccccc1Br. The second-order valence-electron chi connectivity index (χ2n) is 4.43. The molecule has 2 aromatic carbocycles. The van der Waals surface area contributed by atoms with E-state index in [0.717, 1.165) is 11.0 Å². The second kappa shape index (κ2) is 6.51. The number of hydrogen-bond acceptors (Lipinski definition) is 2. The fourth-order valence-electron chi connectivity index (χ4n) is 1.90. The van der Waals surface area contributed by atoms with Gasteiger partial charge in [-0.3, -0.25) is 0 Å². The molecule has 0 aliphatic rings. The van der Waals surface area contributed by atoms with Crippen molar-refractivity contribution < 1.29 is 0 Å². The Bertz CT molecular complexity index is 584. The van der Waals surface area contributed by atoms with E-state index in [9.17, 15) is 0 Å². The lowest BCUT2D eigenvalue weighted by atomic mass is 10.1. The lowest BCUT2D eigenvalue weighted by Crippen LogP contribution is -2.18. The molecule has 0 fully saturated rings. The third-order valence-electron chi connectivity index (χ3n) is 3.07. The summed E-state index contributed by atoms with van der Waals surface area (Å²) in [7, 11) is 0. The van der Waals surface area contributed by atoms with Crippen molar-refractivity contribution in [2.75, 3.05) is 0 Å². The van der Waals surface area contributed by atoms with Gasteiger partial charge in [0.15, 0.2) is 0 Å². The fourth-order valence-corrected chi connectivity index (χ4v) is 2.53. The zero-order valence-corrected chi connectivity index (χ0v) is 12.3. The molecule has 2 aromatic rings. The van der Waals surface area contributed by atoms with Crippen LogP contribution in [-0.2, 0) is 6.54 Å². The van der Waals surface area contributed by atoms with Crippen LogP contribution in [0, 0.1) is 11.3 Å². The Kier molecular flexibility index (Phi) is 4.73. The summed E-state index contributed by atoms with van der Waals surface area (Å²) in [5.41, 5.74) is 3.12. The molecule has 0 spiro atoms. The van der Waals surface area contributed by atoms with Crippen LogP contribution in [0.2, 0.25) is 0 Å². The van der Waals surface area contributed by atoms with E-state index in [-0.39, 0.29) is 6.04 Å². The Morgan fingerprint density at radius 3 is 2.47 bits per heavy atom. The van der Waals surface area contributed by atoms with Crippen LogP contribution in [-0.4, -0.2) is 0 Å². The molecule has 0 saturated heterocycles. The molecule has 1 atom stereocenters. The van der Waals surface area contributed by atoms with Gasteiger partial charge in [0, 0.05) is 17.1 Å². The third-order valence-corrected chi connectivity index (χ3v) is 3.79. The molecule has 2 nitrogen and oxygen atoms in total. The zero-order chi connectivity index (χ0) is 13.7. The molecule has 0 aromatic heterocycles. The fraction of sp³-hybridized carbons (Fsp3) is 0.188. The molecule has 0 heterocycles. The summed E-state index contributed by atoms with van der Waals surface area (Å²) < 4.78 is 1.12. The van der Waals surface area contributed by atoms with Crippen molar-refractivity contribution in [1.82, 2.24) is 5.32 Å². The third kappa shape index (κ3) is 3.66. The van der Waals surface area contributed by atoms with Gasteiger partial charge in [-0.25, -0.2) is 0 Å². The summed E-state index contributed by atoms with van der Waals surface area (Å²) >= 11 is 3.57. The Morgan fingerprint density at radius 2 is 1.84 bits per heavy atom. The molecular formula is C16H15BrN2. The molecule has 3 heteroatoms. The lowest BCUT2D eigenvalue weighted by Gasteiger charge is -2.15. The van der Waals surface area contributed by atoms with Gasteiger partial charge in [-0.05, 0) is 36.2 Å². The van der Waals surface area contributed by atoms with Crippen molar-refractivity contribution in [1.29, 1.82) is 5.26 Å². The van der Waals surface area contributed by atoms with Gasteiger partial charge < -0.3 is 5.32 Å². The molecular weight excluding hydrogens is 300 g/mol. The molecule has 0 bridgehead atoms. The van der Waals surface area contributed by atoms with Crippen LogP contribution < -0.4 is 5.32 Å². The molecule has 0 aliphatic heterocycles. The molecule has 0 amide bonds. The Morgan fingerprint density at radius 1 is 1.16 bits per heavy atom. The number of nitriles is 1. The highest BCUT2D eigenvalue weighted by molar-refractivity contribution is 9.10. The zero-order valence-electron chi connectivity index (χ0n) is 10.7. The van der Waals surface area contributed by atoms with E-state index in [0.29, 0.717) is 5.56 Å². The van der Waals surface area contributed by atoms with Crippen molar-refractivity contribution in [2.24, 2.45) is 0 Å². The molecule has 2 rings (SSSR count). The van der Waals surface area contributed by atoms with Gasteiger partial charge in [-0.15, -0.1) is 0 Å². The van der Waals surface area contributed by atoms with Gasteiger partial charge in [-0.2, -0.15) is 5.26 Å². The topological polar surface area (TPSA) is 35.8 Å². The summed E-state index contributed by atoms with van der Waals surface area (Å²) in [5, 5.41) is 12.2. The summed E-state index contributed by atoms with van der Waals surface area (Å²) in [6.45, 7) is 2.93. The van der Waals surface area contributed by atoms with Crippen LogP contribution >= 0.6 is 15.9 Å². The van der Waals surface area contributed by atoms with Gasteiger partial charge in [0.05, 0.1) is 11.6 Å². The van der Waals surface area contributed by atoms with Gasteiger partial charge >= 0.3 is 0 Å². The van der Waals surface area contributed by atoms with E-state index in [1.54, 1.807) is 0 Å². The van der Waals surface area contributed by atoms with E-state index >= 15 is 0 Å². The summed E-state index contributed by atoms with van der Waals surface area (Å²) in [5.74, 6) is 0. The summed E-state index contributed by atoms with van der Waals surface area (Å²) in [4.78, 5) is 0. The van der Waals surface area contributed by atoms with Gasteiger partial charge in [0.25, 0.3) is 0 Å². The number of nitrogens with one attached hydrogen (secondary N) is 1. The van der Waals surface area contributed by atoms with E-state index in [2.05, 4.69) is 46.4 Å². The number of hydrogen-bond donors (Lipinski definition) is 1. The highest BCUT2D eigenvalue weighted by Crippen LogP contribution is 2.22. The van der Waals surface area contributed by atoms with Gasteiger partial charge in [-0.1, -0.05) is 46.3 Å². The molecule has 1 N–H and O–H groups in total. The van der Waals surface area contributed by atoms with Crippen molar-refractivity contribution in [3.05, 3.63) is 69.7 Å². The van der Waals surface area contributed by atoms with Crippen LogP contribution in [0.1, 0.15) is 29.7 Å². The van der Waals surface area contributed by atoms with E-state index in [1.165, 1.54) is 11.1 Å². The smallest absolute Gasteiger partial charge is 0.0991 e. The van der Waals surface area contributed by atoms with Crippen LogP contribution in [0.15, 0.2) is 53.0 Å². The first kappa shape index (κ1) is 13.8. The van der Waals surface area contributed by atoms with Crippen molar-refractivity contribution in [2.45, 2.75) is 19.5 Å². The first-order valence-electron chi connectivity index (χ1n) is 6.17. The first-order chi connectivity index (χ1) is 9.20. The average Bonchev–Trinajstić information content (AvgIpc) is 2.46. The number of halogens is 1. The number of nitrogens with zero attached hydrogens (tertiary/aromatic N) is 1. The maximum Gasteiger partial charge on any atom is 0.0991 e. The van der Waals surface area contributed by atoms with Crippen LogP contribution in [0.4, 0.5) is 0 Å². The Hall–Kier alpha value is -1.63. The van der Waals surface area contributed by atoms with Crippen molar-refractivity contribution in [3.63, 3.8) is 0 Å². The minimum Gasteiger partial charge on any atom is -0.306 e. The minimum absolute atomic E-state index is 0.270. The predicted molar refractivity (Wildman–Crippen MR) is 80.6 cm³/mol. The summed E-state index contributed by atoms with van der Waals surface area (Å²) in [6.07, 6.45) is 0. The predicted octanol–water partition coefficient (Wildman–Crippen LogP) is 4.17. The highest BCUT2D eigenvalue weighted by Gasteiger charge is 2.07. The number of rotatable bonds is 4. The quantitative estimate of drug-likeness (QED) is 0.919. The van der Waals surface area contributed by atoms with Gasteiger partial charge in [0.2, 0.25) is 0 Å². The molecule has 0 aliphatic carbocycles. The lowest BCUT2D eigenvalue weighted by molar-refractivity contribution is 0.573. The van der Waals surface area contributed by atoms with Crippen LogP contribution in [0.25, 0.3) is 0 Å². The molecule has 0 radical (unpaired) electrons.